The number of hydrogen-bond acceptors (Lipinski definition) is 6. The van der Waals surface area contributed by atoms with Gasteiger partial charge >= 0.3 is 6.61 Å². The third kappa shape index (κ3) is 4.91. The van der Waals surface area contributed by atoms with Crippen molar-refractivity contribution in [2.75, 3.05) is 14.2 Å². The van der Waals surface area contributed by atoms with Gasteiger partial charge in [-0.1, -0.05) is 0 Å². The fourth-order valence-corrected chi connectivity index (χ4v) is 2.74. The number of allylic oxidation sites excluding steroid dienone is 1. The van der Waals surface area contributed by atoms with Crippen molar-refractivity contribution < 1.29 is 32.5 Å². The molecule has 0 radical (unpaired) electrons. The number of aromatic nitrogens is 2. The highest BCUT2D eigenvalue weighted by Crippen LogP contribution is 2.36. The van der Waals surface area contributed by atoms with Gasteiger partial charge in [0.25, 0.3) is 5.91 Å². The summed E-state index contributed by atoms with van der Waals surface area (Å²) in [6.07, 6.45) is 2.94. The molecule has 1 aliphatic carbocycles. The first-order chi connectivity index (χ1) is 14.3. The van der Waals surface area contributed by atoms with E-state index in [0.29, 0.717) is 11.3 Å². The first-order valence-corrected chi connectivity index (χ1v) is 8.82. The van der Waals surface area contributed by atoms with Crippen LogP contribution in [0.25, 0.3) is 17.3 Å². The maximum atomic E-state index is 13.1. The van der Waals surface area contributed by atoms with Crippen LogP contribution in [0, 0.1) is 0 Å². The molecule has 11 heteroatoms. The Morgan fingerprint density at radius 3 is 2.73 bits per heavy atom. The Morgan fingerprint density at radius 2 is 2.13 bits per heavy atom. The van der Waals surface area contributed by atoms with E-state index in [1.54, 1.807) is 0 Å². The minimum Gasteiger partial charge on any atom is -0.506 e. The number of carbonyl (C=O) groups excluding carboxylic acids is 1. The lowest BCUT2D eigenvalue weighted by atomic mass is 10.1. The van der Waals surface area contributed by atoms with Crippen molar-refractivity contribution in [3.05, 3.63) is 35.5 Å². The number of aliphatic hydroxyl groups is 1. The summed E-state index contributed by atoms with van der Waals surface area (Å²) in [6, 6.07) is 1.99. The van der Waals surface area contributed by atoms with E-state index in [0.717, 1.165) is 0 Å². The molecule has 0 saturated heterocycles. The number of hydrogen-bond donors (Lipinski definition) is 3. The summed E-state index contributed by atoms with van der Waals surface area (Å²) in [7, 11) is 2.75. The van der Waals surface area contributed by atoms with Gasteiger partial charge in [-0.3, -0.25) is 9.79 Å². The summed E-state index contributed by atoms with van der Waals surface area (Å²) >= 11 is 0. The SMILES string of the molecule is C/N=C\C(O)=C/c1ncc(-c2cc(OC)c(C(=O)N[C@@H]3C[C@@H]3F)c(OC(F)F)c2)[nH]1. The van der Waals surface area contributed by atoms with Crippen LogP contribution in [0.3, 0.4) is 0 Å². The number of methoxy groups -OCH3 is 1. The second-order valence-corrected chi connectivity index (χ2v) is 6.40. The van der Waals surface area contributed by atoms with E-state index in [4.69, 9.17) is 4.74 Å². The second-order valence-electron chi connectivity index (χ2n) is 6.40. The van der Waals surface area contributed by atoms with Gasteiger partial charge in [-0.05, 0) is 12.1 Å². The lowest BCUT2D eigenvalue weighted by Crippen LogP contribution is -2.28. The molecule has 2 atom stereocenters. The molecule has 0 spiro atoms. The topological polar surface area (TPSA) is 109 Å². The summed E-state index contributed by atoms with van der Waals surface area (Å²) in [6.45, 7) is -3.20. The summed E-state index contributed by atoms with van der Waals surface area (Å²) in [5.41, 5.74) is 0.458. The lowest BCUT2D eigenvalue weighted by Gasteiger charge is -2.16. The van der Waals surface area contributed by atoms with Crippen LogP contribution in [0.5, 0.6) is 11.5 Å². The molecular formula is C19H19F3N4O4. The predicted molar refractivity (Wildman–Crippen MR) is 103 cm³/mol. The van der Waals surface area contributed by atoms with Crippen LogP contribution < -0.4 is 14.8 Å². The molecule has 1 fully saturated rings. The Kier molecular flexibility index (Phi) is 6.28. The quantitative estimate of drug-likeness (QED) is 0.446. The third-order valence-electron chi connectivity index (χ3n) is 4.21. The fourth-order valence-electron chi connectivity index (χ4n) is 2.74. The van der Waals surface area contributed by atoms with Crippen molar-refractivity contribution in [2.45, 2.75) is 25.2 Å². The van der Waals surface area contributed by atoms with Gasteiger partial charge in [0.2, 0.25) is 0 Å². The first-order valence-electron chi connectivity index (χ1n) is 8.82. The first kappa shape index (κ1) is 21.2. The van der Waals surface area contributed by atoms with Crippen LogP contribution in [0.1, 0.15) is 22.6 Å². The molecular weight excluding hydrogens is 405 g/mol. The average Bonchev–Trinajstić information content (AvgIpc) is 3.17. The average molecular weight is 424 g/mol. The van der Waals surface area contributed by atoms with Gasteiger partial charge in [-0.2, -0.15) is 8.78 Å². The largest absolute Gasteiger partial charge is 0.506 e. The van der Waals surface area contributed by atoms with Crippen LogP contribution in [0.15, 0.2) is 29.1 Å². The molecule has 0 bridgehead atoms. The molecule has 0 unspecified atom stereocenters. The maximum absolute atomic E-state index is 13.1. The number of ether oxygens (including phenoxy) is 2. The van der Waals surface area contributed by atoms with Gasteiger partial charge < -0.3 is 24.9 Å². The van der Waals surface area contributed by atoms with Gasteiger partial charge in [-0.25, -0.2) is 9.37 Å². The molecule has 1 aromatic heterocycles. The third-order valence-corrected chi connectivity index (χ3v) is 4.21. The minimum atomic E-state index is -3.20. The van der Waals surface area contributed by atoms with Crippen LogP contribution in [0.2, 0.25) is 0 Å². The number of rotatable bonds is 8. The molecule has 1 heterocycles. The maximum Gasteiger partial charge on any atom is 0.387 e. The van der Waals surface area contributed by atoms with Crippen LogP contribution in [0.4, 0.5) is 13.2 Å². The highest BCUT2D eigenvalue weighted by atomic mass is 19.3. The number of nitrogens with zero attached hydrogens (tertiary/aromatic N) is 2. The summed E-state index contributed by atoms with van der Waals surface area (Å²) in [5, 5.41) is 12.1. The van der Waals surface area contributed by atoms with E-state index in [-0.39, 0.29) is 29.3 Å². The Bertz CT molecular complexity index is 990. The van der Waals surface area contributed by atoms with Gasteiger partial charge in [0.05, 0.1) is 31.3 Å². The molecule has 3 rings (SSSR count). The summed E-state index contributed by atoms with van der Waals surface area (Å²) in [4.78, 5) is 23.1. The van der Waals surface area contributed by atoms with Crippen molar-refractivity contribution in [3.63, 3.8) is 0 Å². The minimum absolute atomic E-state index is 0.0376. The number of aromatic amines is 1. The number of alkyl halides is 3. The number of aliphatic imine (C=N–C) groups is 1. The molecule has 1 aromatic carbocycles. The Morgan fingerprint density at radius 1 is 1.43 bits per heavy atom. The lowest BCUT2D eigenvalue weighted by molar-refractivity contribution is -0.0502. The van der Waals surface area contributed by atoms with Crippen LogP contribution in [-0.2, 0) is 0 Å². The highest BCUT2D eigenvalue weighted by molar-refractivity contribution is 6.01. The van der Waals surface area contributed by atoms with Gasteiger partial charge in [0, 0.05) is 25.1 Å². The van der Waals surface area contributed by atoms with Crippen molar-refractivity contribution in [3.8, 4) is 22.8 Å². The number of carbonyl (C=O) groups is 1. The van der Waals surface area contributed by atoms with Gasteiger partial charge in [0.1, 0.15) is 34.8 Å². The van der Waals surface area contributed by atoms with E-state index in [1.165, 1.54) is 44.8 Å². The van der Waals surface area contributed by atoms with Gasteiger partial charge in [0.15, 0.2) is 0 Å². The zero-order valence-electron chi connectivity index (χ0n) is 16.0. The predicted octanol–water partition coefficient (Wildman–Crippen LogP) is 3.13. The number of halogens is 3. The zero-order valence-corrected chi connectivity index (χ0v) is 16.0. The molecule has 2 aromatic rings. The molecule has 0 aliphatic heterocycles. The van der Waals surface area contributed by atoms with Crippen molar-refractivity contribution in [1.82, 2.24) is 15.3 Å². The number of aliphatic hydroxyl groups excluding tert-OH is 1. The monoisotopic (exact) mass is 424 g/mol. The smallest absolute Gasteiger partial charge is 0.387 e. The van der Waals surface area contributed by atoms with Gasteiger partial charge in [-0.15, -0.1) is 0 Å². The zero-order chi connectivity index (χ0) is 21.8. The highest BCUT2D eigenvalue weighted by Gasteiger charge is 2.39. The molecule has 8 nitrogen and oxygen atoms in total. The Labute approximate surface area is 169 Å². The van der Waals surface area contributed by atoms with Crippen LogP contribution in [-0.4, -0.2) is 60.2 Å². The van der Waals surface area contributed by atoms with E-state index in [2.05, 4.69) is 25.0 Å². The molecule has 1 saturated carbocycles. The van der Waals surface area contributed by atoms with Crippen LogP contribution >= 0.6 is 0 Å². The molecule has 3 N–H and O–H groups in total. The number of benzene rings is 1. The number of nitrogens with one attached hydrogen (secondary N) is 2. The summed E-state index contributed by atoms with van der Waals surface area (Å²) in [5.74, 6) is -1.11. The molecule has 30 heavy (non-hydrogen) atoms. The molecule has 1 aliphatic rings. The van der Waals surface area contributed by atoms with Crippen molar-refractivity contribution in [2.24, 2.45) is 4.99 Å². The number of amides is 1. The van der Waals surface area contributed by atoms with E-state index in [1.807, 2.05) is 0 Å². The molecule has 1 amide bonds. The number of H-pyrrole nitrogens is 1. The van der Waals surface area contributed by atoms with Crippen molar-refractivity contribution >= 4 is 18.2 Å². The normalized spacial score (nSPS) is 18.7. The Balaban J connectivity index is 1.99. The van der Waals surface area contributed by atoms with Crippen molar-refractivity contribution in [1.29, 1.82) is 0 Å². The van der Waals surface area contributed by atoms with E-state index >= 15 is 0 Å². The number of imidazole rings is 1. The fraction of sp³-hybridized carbons (Fsp3) is 0.316. The van der Waals surface area contributed by atoms with E-state index in [9.17, 15) is 23.1 Å². The standard InChI is InChI=1S/C19H19F3N4O4/c1-23-7-10(27)5-16-24-8-13(25-16)9-3-14(29-2)17(15(4-9)30-19(21)22)18(28)26-12-6-11(12)20/h3-5,7-8,11-12,19,27H,6H2,1-2H3,(H,24,25)(H,26,28)/b10-5+,23-7-/t11-,12+/m0/s1. The van der Waals surface area contributed by atoms with E-state index < -0.39 is 30.5 Å². The second kappa shape index (κ2) is 8.89. The summed E-state index contributed by atoms with van der Waals surface area (Å²) < 4.78 is 48.8. The molecule has 160 valence electrons. The Hall–Kier alpha value is -3.50.